The van der Waals surface area contributed by atoms with Gasteiger partial charge < -0.3 is 9.13 Å². The molecule has 0 atom stereocenters. The van der Waals surface area contributed by atoms with Gasteiger partial charge in [-0.1, -0.05) is 19.1 Å². The molecular weight excluding hydrogens is 438 g/mol. The number of hydrogen-bond acceptors (Lipinski definition) is 5. The maximum atomic E-state index is 9.79. The molecule has 0 aliphatic carbocycles. The molecule has 8 nitrogen and oxygen atoms in total. The molecule has 3 aromatic heterocycles. The van der Waals surface area contributed by atoms with Crippen molar-refractivity contribution in [3.05, 3.63) is 54.0 Å². The molecule has 3 heterocycles. The first-order chi connectivity index (χ1) is 15.6. The molecule has 0 unspecified atom stereocenters. The van der Waals surface area contributed by atoms with Gasteiger partial charge in [-0.3, -0.25) is 9.54 Å². The number of hydrogen-bond donors (Lipinski definition) is 1. The summed E-state index contributed by atoms with van der Waals surface area (Å²) in [6.45, 7) is 5.77. The highest BCUT2D eigenvalue weighted by Crippen LogP contribution is 2.29. The van der Waals surface area contributed by atoms with Crippen LogP contribution in [-0.2, 0) is 24.2 Å². The third kappa shape index (κ3) is 4.60. The van der Waals surface area contributed by atoms with Crippen molar-refractivity contribution in [1.29, 1.82) is 0 Å². The molecule has 33 heavy (non-hydrogen) atoms. The first-order valence-corrected chi connectivity index (χ1v) is 12.3. The highest BCUT2D eigenvalue weighted by Gasteiger charge is 2.14. The summed E-state index contributed by atoms with van der Waals surface area (Å²) in [4.78, 5) is 14.1. The highest BCUT2D eigenvalue weighted by atomic mass is 32.2. The largest absolute Gasteiger partial charge is 0.331 e. The standard InChI is InChI=1S/C21H19N5.C3H8O3S/c1-12-7-14-5-6-15(8-16(14)22-11-12)21-24-18-10-19-17(9-20(18)26(21)4)23-13(2)25(19)3;1-2-3-7(4,5)6/h5-11H,1-4H3;2-3H2,1H3,(H,4,5,6). The normalized spacial score (nSPS) is 11.8. The number of benzene rings is 2. The molecule has 0 amide bonds. The Morgan fingerprint density at radius 2 is 1.58 bits per heavy atom. The molecule has 9 heteroatoms. The second-order valence-electron chi connectivity index (χ2n) is 8.25. The topological polar surface area (TPSA) is 103 Å². The predicted molar refractivity (Wildman–Crippen MR) is 132 cm³/mol. The Morgan fingerprint density at radius 1 is 0.909 bits per heavy atom. The Morgan fingerprint density at radius 3 is 2.21 bits per heavy atom. The fraction of sp³-hybridized carbons (Fsp3) is 0.292. The van der Waals surface area contributed by atoms with Gasteiger partial charge in [-0.25, -0.2) is 9.97 Å². The zero-order valence-corrected chi connectivity index (χ0v) is 20.2. The first-order valence-electron chi connectivity index (χ1n) is 10.7. The molecule has 0 radical (unpaired) electrons. The molecule has 0 aliphatic rings. The van der Waals surface area contributed by atoms with Gasteiger partial charge in [0, 0.05) is 31.2 Å². The van der Waals surface area contributed by atoms with E-state index in [-0.39, 0.29) is 5.75 Å². The Hall–Kier alpha value is -3.30. The molecule has 0 aliphatic heterocycles. The van der Waals surface area contributed by atoms with Crippen molar-refractivity contribution >= 4 is 43.1 Å². The Labute approximate surface area is 192 Å². The monoisotopic (exact) mass is 465 g/mol. The maximum absolute atomic E-state index is 9.79. The number of aromatic nitrogens is 5. The van der Waals surface area contributed by atoms with Crippen molar-refractivity contribution in [2.75, 3.05) is 5.75 Å². The molecule has 2 aromatic carbocycles. The minimum absolute atomic E-state index is 0.132. The van der Waals surface area contributed by atoms with Gasteiger partial charge in [0.15, 0.2) is 0 Å². The smallest absolute Gasteiger partial charge is 0.264 e. The highest BCUT2D eigenvalue weighted by molar-refractivity contribution is 7.85. The molecule has 172 valence electrons. The predicted octanol–water partition coefficient (Wildman–Crippen LogP) is 4.58. The van der Waals surface area contributed by atoms with Crippen molar-refractivity contribution in [3.8, 4) is 11.4 Å². The average molecular weight is 466 g/mol. The summed E-state index contributed by atoms with van der Waals surface area (Å²) in [5.74, 6) is 1.82. The van der Waals surface area contributed by atoms with Crippen molar-refractivity contribution < 1.29 is 13.0 Å². The summed E-state index contributed by atoms with van der Waals surface area (Å²) in [6, 6.07) is 12.7. The van der Waals surface area contributed by atoms with E-state index >= 15 is 0 Å². The SMILES string of the molecule is CCCS(=O)(=O)O.Cc1cnc2cc(-c3nc4cc5c(cc4n3C)nc(C)n5C)ccc2c1. The minimum atomic E-state index is -3.67. The molecule has 1 N–H and O–H groups in total. The van der Waals surface area contributed by atoms with Crippen LogP contribution in [0.25, 0.3) is 44.4 Å². The number of imidazole rings is 2. The second kappa shape index (κ2) is 8.57. The van der Waals surface area contributed by atoms with Crippen LogP contribution >= 0.6 is 0 Å². The molecule has 5 rings (SSSR count). The molecule has 0 saturated carbocycles. The van der Waals surface area contributed by atoms with Crippen molar-refractivity contribution in [2.24, 2.45) is 14.1 Å². The van der Waals surface area contributed by atoms with Crippen molar-refractivity contribution in [2.45, 2.75) is 27.2 Å². The van der Waals surface area contributed by atoms with E-state index in [1.54, 1.807) is 6.92 Å². The summed E-state index contributed by atoms with van der Waals surface area (Å²) in [6.07, 6.45) is 2.38. The Kier molecular flexibility index (Phi) is 5.94. The summed E-state index contributed by atoms with van der Waals surface area (Å²) < 4.78 is 31.8. The molecule has 5 aromatic rings. The average Bonchev–Trinajstić information content (AvgIpc) is 3.21. The summed E-state index contributed by atoms with van der Waals surface area (Å²) in [5, 5.41) is 1.15. The number of rotatable bonds is 3. The lowest BCUT2D eigenvalue weighted by Crippen LogP contribution is -2.01. The number of aryl methyl sites for hydroxylation is 4. The van der Waals surface area contributed by atoms with Gasteiger partial charge in [0.25, 0.3) is 10.1 Å². The number of pyridine rings is 1. The Balaban J connectivity index is 0.000000325. The summed E-state index contributed by atoms with van der Waals surface area (Å²) >= 11 is 0. The van der Waals surface area contributed by atoms with Crippen molar-refractivity contribution in [3.63, 3.8) is 0 Å². The zero-order chi connectivity index (χ0) is 23.9. The number of fused-ring (bicyclic) bond motifs is 3. The van der Waals surface area contributed by atoms with Gasteiger partial charge in [0.1, 0.15) is 11.6 Å². The van der Waals surface area contributed by atoms with Crippen LogP contribution in [0.1, 0.15) is 24.7 Å². The van der Waals surface area contributed by atoms with Gasteiger partial charge in [0.2, 0.25) is 0 Å². The van der Waals surface area contributed by atoms with Crippen LogP contribution < -0.4 is 0 Å². The van der Waals surface area contributed by atoms with Gasteiger partial charge in [-0.05, 0) is 50.1 Å². The van der Waals surface area contributed by atoms with E-state index < -0.39 is 10.1 Å². The molecule has 0 fully saturated rings. The fourth-order valence-electron chi connectivity index (χ4n) is 3.88. The van der Waals surface area contributed by atoms with E-state index in [1.165, 1.54) is 5.56 Å². The van der Waals surface area contributed by atoms with Gasteiger partial charge in [-0.2, -0.15) is 8.42 Å². The van der Waals surface area contributed by atoms with E-state index in [9.17, 15) is 8.42 Å². The van der Waals surface area contributed by atoms with Crippen LogP contribution in [0.4, 0.5) is 0 Å². The van der Waals surface area contributed by atoms with E-state index in [1.807, 2.05) is 20.2 Å². The molecule has 0 saturated heterocycles. The third-order valence-electron chi connectivity index (χ3n) is 5.65. The summed E-state index contributed by atoms with van der Waals surface area (Å²) in [7, 11) is 0.419. The van der Waals surface area contributed by atoms with E-state index in [0.29, 0.717) is 6.42 Å². The maximum Gasteiger partial charge on any atom is 0.264 e. The number of nitrogens with zero attached hydrogens (tertiary/aromatic N) is 5. The van der Waals surface area contributed by atoms with E-state index in [0.717, 1.165) is 50.2 Å². The quantitative estimate of drug-likeness (QED) is 0.391. The first kappa shape index (κ1) is 22.9. The van der Waals surface area contributed by atoms with E-state index in [2.05, 4.69) is 69.5 Å². The van der Waals surface area contributed by atoms with Crippen LogP contribution in [0, 0.1) is 13.8 Å². The van der Waals surface area contributed by atoms with Crippen LogP contribution in [0.2, 0.25) is 0 Å². The second-order valence-corrected chi connectivity index (χ2v) is 9.82. The van der Waals surface area contributed by atoms with Gasteiger partial charge in [0.05, 0.1) is 33.3 Å². The molecule has 0 bridgehead atoms. The van der Waals surface area contributed by atoms with Crippen LogP contribution in [-0.4, -0.2) is 42.8 Å². The Bertz CT molecular complexity index is 1600. The summed E-state index contributed by atoms with van der Waals surface area (Å²) in [5.41, 5.74) is 7.40. The van der Waals surface area contributed by atoms with Crippen LogP contribution in [0.3, 0.4) is 0 Å². The lowest BCUT2D eigenvalue weighted by molar-refractivity contribution is 0.482. The fourth-order valence-corrected chi connectivity index (χ4v) is 4.40. The molecular formula is C24H27N5O3S. The minimum Gasteiger partial charge on any atom is -0.331 e. The van der Waals surface area contributed by atoms with Crippen LogP contribution in [0.15, 0.2) is 42.6 Å². The molecule has 0 spiro atoms. The van der Waals surface area contributed by atoms with Crippen molar-refractivity contribution in [1.82, 2.24) is 24.1 Å². The van der Waals surface area contributed by atoms with Crippen LogP contribution in [0.5, 0.6) is 0 Å². The van der Waals surface area contributed by atoms with Gasteiger partial charge in [-0.15, -0.1) is 0 Å². The zero-order valence-electron chi connectivity index (χ0n) is 19.4. The lowest BCUT2D eigenvalue weighted by Gasteiger charge is -2.05. The van der Waals surface area contributed by atoms with Gasteiger partial charge >= 0.3 is 0 Å². The lowest BCUT2D eigenvalue weighted by atomic mass is 10.1. The van der Waals surface area contributed by atoms with E-state index in [4.69, 9.17) is 9.54 Å². The third-order valence-corrected chi connectivity index (χ3v) is 6.57.